The summed E-state index contributed by atoms with van der Waals surface area (Å²) in [5.74, 6) is 0.799. The smallest absolute Gasteiger partial charge is 0.240 e. The van der Waals surface area contributed by atoms with E-state index in [1.807, 2.05) is 0 Å². The Hall–Kier alpha value is -0.650. The molecule has 0 aromatic rings. The van der Waals surface area contributed by atoms with E-state index in [1.165, 1.54) is 12.8 Å². The van der Waals surface area contributed by atoms with E-state index in [0.717, 1.165) is 45.8 Å². The zero-order valence-electron chi connectivity index (χ0n) is 13.3. The van der Waals surface area contributed by atoms with Crippen LogP contribution in [0.2, 0.25) is 0 Å². The van der Waals surface area contributed by atoms with E-state index in [-0.39, 0.29) is 6.04 Å². The fourth-order valence-corrected chi connectivity index (χ4v) is 3.11. The maximum atomic E-state index is 12.6. The topological polar surface area (TPSA) is 38.8 Å². The van der Waals surface area contributed by atoms with Gasteiger partial charge < -0.3 is 15.1 Å². The summed E-state index contributed by atoms with van der Waals surface area (Å²) in [7, 11) is 4.21. The molecular formula is C15H30N4O. The summed E-state index contributed by atoms with van der Waals surface area (Å²) in [5.41, 5.74) is 0. The van der Waals surface area contributed by atoms with E-state index in [9.17, 15) is 4.79 Å². The first-order valence-corrected chi connectivity index (χ1v) is 7.97. The highest BCUT2D eigenvalue weighted by molar-refractivity contribution is 5.82. The Morgan fingerprint density at radius 3 is 2.55 bits per heavy atom. The number of piperidine rings is 1. The third kappa shape index (κ3) is 4.17. The van der Waals surface area contributed by atoms with Crippen molar-refractivity contribution in [3.63, 3.8) is 0 Å². The number of hydrogen-bond acceptors (Lipinski definition) is 4. The minimum Gasteiger partial charge on any atom is -0.339 e. The summed E-state index contributed by atoms with van der Waals surface area (Å²) >= 11 is 0. The molecule has 0 bridgehead atoms. The number of nitrogens with one attached hydrogen (secondary N) is 1. The molecule has 0 aliphatic carbocycles. The second kappa shape index (κ2) is 7.38. The maximum absolute atomic E-state index is 12.6. The van der Waals surface area contributed by atoms with Crippen molar-refractivity contribution < 1.29 is 4.79 Å². The highest BCUT2D eigenvalue weighted by Gasteiger charge is 2.32. The van der Waals surface area contributed by atoms with Crippen molar-refractivity contribution in [2.75, 3.05) is 59.9 Å². The second-order valence-corrected chi connectivity index (χ2v) is 6.52. The molecule has 2 aliphatic heterocycles. The number of carbonyl (C=O) groups is 1. The van der Waals surface area contributed by atoms with Crippen molar-refractivity contribution in [3.05, 3.63) is 0 Å². The van der Waals surface area contributed by atoms with E-state index in [4.69, 9.17) is 0 Å². The van der Waals surface area contributed by atoms with Gasteiger partial charge in [-0.05, 0) is 39.4 Å². The molecule has 116 valence electrons. The van der Waals surface area contributed by atoms with Crippen LogP contribution in [0.4, 0.5) is 0 Å². The number of rotatable bonds is 4. The molecule has 20 heavy (non-hydrogen) atoms. The lowest BCUT2D eigenvalue weighted by Gasteiger charge is -2.39. The summed E-state index contributed by atoms with van der Waals surface area (Å²) in [5, 5.41) is 3.41. The Kier molecular flexibility index (Phi) is 5.81. The minimum absolute atomic E-state index is 0.0528. The standard InChI is InChI=1S/C15H30N4O/c1-13-5-4-6-16-14(13)15(20)19-11-9-18(10-12-19)8-7-17(2)3/h13-14,16H,4-12H2,1-3H3. The molecule has 2 saturated heterocycles. The van der Waals surface area contributed by atoms with Gasteiger partial charge in [0.1, 0.15) is 0 Å². The lowest BCUT2D eigenvalue weighted by atomic mass is 9.91. The molecule has 1 amide bonds. The van der Waals surface area contributed by atoms with Crippen molar-refractivity contribution in [2.24, 2.45) is 5.92 Å². The first kappa shape index (κ1) is 15.7. The van der Waals surface area contributed by atoms with Gasteiger partial charge in [0, 0.05) is 39.3 Å². The molecule has 0 spiro atoms. The van der Waals surface area contributed by atoms with E-state index in [2.05, 4.69) is 41.0 Å². The van der Waals surface area contributed by atoms with Gasteiger partial charge in [-0.25, -0.2) is 0 Å². The maximum Gasteiger partial charge on any atom is 0.240 e. The van der Waals surface area contributed by atoms with Crippen LogP contribution in [-0.2, 0) is 4.79 Å². The summed E-state index contributed by atoms with van der Waals surface area (Å²) in [6, 6.07) is 0.0528. The number of likely N-dealkylation sites (N-methyl/N-ethyl adjacent to an activating group) is 1. The number of hydrogen-bond donors (Lipinski definition) is 1. The van der Waals surface area contributed by atoms with Gasteiger partial charge in [0.2, 0.25) is 5.91 Å². The van der Waals surface area contributed by atoms with Crippen molar-refractivity contribution in [3.8, 4) is 0 Å². The molecule has 1 N–H and O–H groups in total. The first-order chi connectivity index (χ1) is 9.58. The quantitative estimate of drug-likeness (QED) is 0.793. The van der Waals surface area contributed by atoms with E-state index in [0.29, 0.717) is 11.8 Å². The lowest BCUT2D eigenvalue weighted by molar-refractivity contribution is -0.137. The molecule has 2 unspecified atom stereocenters. The highest BCUT2D eigenvalue weighted by atomic mass is 16.2. The molecule has 2 heterocycles. The molecule has 0 aromatic heterocycles. The van der Waals surface area contributed by atoms with Gasteiger partial charge in [0.25, 0.3) is 0 Å². The van der Waals surface area contributed by atoms with Crippen LogP contribution in [0.25, 0.3) is 0 Å². The van der Waals surface area contributed by atoms with Crippen LogP contribution in [0.1, 0.15) is 19.8 Å². The number of nitrogens with zero attached hydrogens (tertiary/aromatic N) is 3. The monoisotopic (exact) mass is 282 g/mol. The Balaban J connectivity index is 1.76. The SMILES string of the molecule is CC1CCCNC1C(=O)N1CCN(CCN(C)C)CC1. The molecule has 2 aliphatic rings. The summed E-state index contributed by atoms with van der Waals surface area (Å²) in [6.07, 6.45) is 2.37. The second-order valence-electron chi connectivity index (χ2n) is 6.52. The van der Waals surface area contributed by atoms with E-state index in [1.54, 1.807) is 0 Å². The van der Waals surface area contributed by atoms with Crippen LogP contribution >= 0.6 is 0 Å². The van der Waals surface area contributed by atoms with Crippen LogP contribution < -0.4 is 5.32 Å². The normalized spacial score (nSPS) is 28.9. The van der Waals surface area contributed by atoms with Crippen molar-refractivity contribution >= 4 is 5.91 Å². The Bertz CT molecular complexity index is 313. The summed E-state index contributed by atoms with van der Waals surface area (Å²) < 4.78 is 0. The molecular weight excluding hydrogens is 252 g/mol. The molecule has 5 heteroatoms. The predicted octanol–water partition coefficient (Wildman–Crippen LogP) is 0.0803. The Morgan fingerprint density at radius 2 is 1.95 bits per heavy atom. The van der Waals surface area contributed by atoms with Gasteiger partial charge in [-0.1, -0.05) is 6.92 Å². The minimum atomic E-state index is 0.0528. The summed E-state index contributed by atoms with van der Waals surface area (Å²) in [6.45, 7) is 9.18. The highest BCUT2D eigenvalue weighted by Crippen LogP contribution is 2.18. The zero-order chi connectivity index (χ0) is 14.5. The summed E-state index contributed by atoms with van der Waals surface area (Å²) in [4.78, 5) is 19.3. The molecule has 0 aromatic carbocycles. The average molecular weight is 282 g/mol. The van der Waals surface area contributed by atoms with Gasteiger partial charge >= 0.3 is 0 Å². The third-order valence-corrected chi connectivity index (χ3v) is 4.58. The van der Waals surface area contributed by atoms with Crippen LogP contribution in [-0.4, -0.2) is 86.6 Å². The lowest BCUT2D eigenvalue weighted by Crippen LogP contribution is -2.57. The predicted molar refractivity (Wildman–Crippen MR) is 81.8 cm³/mol. The first-order valence-electron chi connectivity index (χ1n) is 7.97. The zero-order valence-corrected chi connectivity index (χ0v) is 13.3. The van der Waals surface area contributed by atoms with Gasteiger partial charge in [0.15, 0.2) is 0 Å². The molecule has 5 nitrogen and oxygen atoms in total. The van der Waals surface area contributed by atoms with Gasteiger partial charge in [-0.3, -0.25) is 9.69 Å². The van der Waals surface area contributed by atoms with E-state index >= 15 is 0 Å². The van der Waals surface area contributed by atoms with Crippen molar-refractivity contribution in [1.29, 1.82) is 0 Å². The van der Waals surface area contributed by atoms with Gasteiger partial charge in [0.05, 0.1) is 6.04 Å². The number of piperazine rings is 1. The van der Waals surface area contributed by atoms with Gasteiger partial charge in [-0.15, -0.1) is 0 Å². The fraction of sp³-hybridized carbons (Fsp3) is 0.933. The largest absolute Gasteiger partial charge is 0.339 e. The number of carbonyl (C=O) groups excluding carboxylic acids is 1. The van der Waals surface area contributed by atoms with Crippen LogP contribution in [0.5, 0.6) is 0 Å². The Labute approximate surface area is 123 Å². The van der Waals surface area contributed by atoms with Crippen LogP contribution in [0, 0.1) is 5.92 Å². The molecule has 2 atom stereocenters. The average Bonchev–Trinajstić information content (AvgIpc) is 2.45. The third-order valence-electron chi connectivity index (χ3n) is 4.58. The number of amides is 1. The van der Waals surface area contributed by atoms with Crippen molar-refractivity contribution in [2.45, 2.75) is 25.8 Å². The molecule has 2 rings (SSSR count). The molecule has 2 fully saturated rings. The van der Waals surface area contributed by atoms with Crippen LogP contribution in [0.15, 0.2) is 0 Å². The Morgan fingerprint density at radius 1 is 1.25 bits per heavy atom. The van der Waals surface area contributed by atoms with Crippen molar-refractivity contribution in [1.82, 2.24) is 20.0 Å². The van der Waals surface area contributed by atoms with Crippen LogP contribution in [0.3, 0.4) is 0 Å². The molecule has 0 saturated carbocycles. The molecule has 0 radical (unpaired) electrons. The van der Waals surface area contributed by atoms with Gasteiger partial charge in [-0.2, -0.15) is 0 Å². The fourth-order valence-electron chi connectivity index (χ4n) is 3.11. The van der Waals surface area contributed by atoms with E-state index < -0.39 is 0 Å².